The SMILES string of the molecule is [OH3+].[OH3+].[OH3+].[OH3+].[Re].[Re].[Re].[Re]. The molecule has 0 aromatic heterocycles. The Kier molecular flexibility index (Phi) is 2100. The maximum atomic E-state index is 0. The van der Waals surface area contributed by atoms with E-state index in [0.29, 0.717) is 0 Å². The Bertz CT molecular complexity index is 8.00. The van der Waals surface area contributed by atoms with Gasteiger partial charge in [-0.05, 0) is 0 Å². The fraction of sp³-hybridized carbons (Fsp3) is 0. The molecule has 0 rings (SSSR count). The van der Waals surface area contributed by atoms with Crippen LogP contribution < -0.4 is 0 Å². The fourth-order valence-electron chi connectivity index (χ4n) is 0. The van der Waals surface area contributed by atoms with E-state index in [9.17, 15) is 0 Å². The molecule has 60 valence electrons. The summed E-state index contributed by atoms with van der Waals surface area (Å²) in [5, 5.41) is 0. The van der Waals surface area contributed by atoms with E-state index < -0.39 is 0 Å². The van der Waals surface area contributed by atoms with E-state index in [2.05, 4.69) is 0 Å². The summed E-state index contributed by atoms with van der Waals surface area (Å²) in [6.07, 6.45) is 0. The fourth-order valence-corrected chi connectivity index (χ4v) is 0. The third-order valence-electron chi connectivity index (χ3n) is 0. The second-order valence-corrected chi connectivity index (χ2v) is 0. The molecular weight excluding hydrogens is 809 g/mol. The second kappa shape index (κ2) is 110. The number of hydrogen-bond donors (Lipinski definition) is 0. The first-order valence-electron chi connectivity index (χ1n) is 0. The molecule has 0 aliphatic carbocycles. The molecule has 0 bridgehead atoms. The van der Waals surface area contributed by atoms with Crippen molar-refractivity contribution in [2.45, 2.75) is 0 Å². The predicted molar refractivity (Wildman–Crippen MR) is 19.5 cm³/mol. The van der Waals surface area contributed by atoms with Crippen molar-refractivity contribution in [3.8, 4) is 0 Å². The average Bonchev–Trinajstić information content (AvgIpc) is 0. The van der Waals surface area contributed by atoms with Crippen LogP contribution in [0.1, 0.15) is 0 Å². The van der Waals surface area contributed by atoms with Gasteiger partial charge in [0.1, 0.15) is 0 Å². The zero-order valence-corrected chi connectivity index (χ0v) is 14.7. The van der Waals surface area contributed by atoms with Crippen molar-refractivity contribution >= 4 is 0 Å². The van der Waals surface area contributed by atoms with Gasteiger partial charge in [0.15, 0.2) is 0 Å². The quantitative estimate of drug-likeness (QED) is 0.223. The third-order valence-corrected chi connectivity index (χ3v) is 0. The van der Waals surface area contributed by atoms with Gasteiger partial charge in [-0.1, -0.05) is 0 Å². The predicted octanol–water partition coefficient (Wildman–Crippen LogP) is -3.70. The molecule has 0 aromatic carbocycles. The Morgan fingerprint density at radius 1 is 0.250 bits per heavy atom. The van der Waals surface area contributed by atoms with Crippen molar-refractivity contribution in [3.63, 3.8) is 0 Å². The van der Waals surface area contributed by atoms with Crippen LogP contribution in [-0.4, -0.2) is 0 Å². The van der Waals surface area contributed by atoms with Gasteiger partial charge in [0.05, 0.1) is 0 Å². The molecular formula is H12O4Re4+4. The molecule has 4 radical (unpaired) electrons. The van der Waals surface area contributed by atoms with Crippen LogP contribution in [0, 0.1) is 0 Å². The smallest absolute Gasteiger partial charge is 0 e. The number of hydrogen-bond acceptors (Lipinski definition) is 0. The van der Waals surface area contributed by atoms with Crippen LogP contribution in [0.5, 0.6) is 0 Å². The van der Waals surface area contributed by atoms with Crippen molar-refractivity contribution < 1.29 is 104 Å². The minimum absolute atomic E-state index is 0. The first-order chi connectivity index (χ1) is 0. The van der Waals surface area contributed by atoms with Gasteiger partial charge in [-0.25, -0.2) is 0 Å². The first kappa shape index (κ1) is 152. The van der Waals surface area contributed by atoms with Gasteiger partial charge >= 0.3 is 0 Å². The van der Waals surface area contributed by atoms with Gasteiger partial charge in [-0.15, -0.1) is 0 Å². The Balaban J connectivity index is 0. The van der Waals surface area contributed by atoms with Crippen molar-refractivity contribution in [2.24, 2.45) is 0 Å². The van der Waals surface area contributed by atoms with E-state index in [1.54, 1.807) is 0 Å². The van der Waals surface area contributed by atoms with Crippen LogP contribution in [0.2, 0.25) is 0 Å². The topological polar surface area (TPSA) is 132 Å². The Morgan fingerprint density at radius 2 is 0.250 bits per heavy atom. The maximum absolute atomic E-state index is 0. The zero-order valence-electron chi connectivity index (χ0n) is 3.82. The van der Waals surface area contributed by atoms with Crippen molar-refractivity contribution in [2.75, 3.05) is 0 Å². The molecule has 8 heavy (non-hydrogen) atoms. The molecule has 0 saturated carbocycles. The van der Waals surface area contributed by atoms with E-state index in [4.69, 9.17) is 0 Å². The molecule has 0 atom stereocenters. The van der Waals surface area contributed by atoms with E-state index >= 15 is 0 Å². The Morgan fingerprint density at radius 3 is 0.250 bits per heavy atom. The van der Waals surface area contributed by atoms with Gasteiger partial charge in [0, 0.05) is 81.7 Å². The van der Waals surface area contributed by atoms with Crippen LogP contribution in [0.25, 0.3) is 0 Å². The van der Waals surface area contributed by atoms with Crippen LogP contribution in [0.4, 0.5) is 0 Å². The van der Waals surface area contributed by atoms with Gasteiger partial charge in [0.25, 0.3) is 0 Å². The van der Waals surface area contributed by atoms with Crippen LogP contribution in [-0.2, 0) is 104 Å². The molecule has 0 amide bonds. The van der Waals surface area contributed by atoms with E-state index in [0.717, 1.165) is 0 Å². The molecule has 0 spiro atoms. The first-order valence-corrected chi connectivity index (χ1v) is 0. The molecule has 0 aromatic rings. The summed E-state index contributed by atoms with van der Waals surface area (Å²) < 4.78 is 0. The second-order valence-electron chi connectivity index (χ2n) is 0. The summed E-state index contributed by atoms with van der Waals surface area (Å²) in [6, 6.07) is 0. The van der Waals surface area contributed by atoms with Crippen molar-refractivity contribution in [1.29, 1.82) is 0 Å². The minimum atomic E-state index is 0. The van der Waals surface area contributed by atoms with E-state index in [-0.39, 0.29) is 104 Å². The van der Waals surface area contributed by atoms with Crippen LogP contribution >= 0.6 is 0 Å². The standard InChI is InChI=1S/4H2O.4Re/h4*1H2;;;;/p+4. The number of rotatable bonds is 0. The van der Waals surface area contributed by atoms with Crippen molar-refractivity contribution in [1.82, 2.24) is 0 Å². The summed E-state index contributed by atoms with van der Waals surface area (Å²) in [6.45, 7) is 0. The molecule has 8 heteroatoms. The maximum Gasteiger partial charge on any atom is 0 e. The van der Waals surface area contributed by atoms with Crippen LogP contribution in [0.15, 0.2) is 0 Å². The summed E-state index contributed by atoms with van der Waals surface area (Å²) in [7, 11) is 0. The molecule has 4 nitrogen and oxygen atoms in total. The van der Waals surface area contributed by atoms with Gasteiger partial charge in [-0.2, -0.15) is 0 Å². The minimum Gasteiger partial charge on any atom is -0.457 e. The monoisotopic (exact) mass is 824 g/mol. The van der Waals surface area contributed by atoms with Crippen LogP contribution in [0.3, 0.4) is 0 Å². The molecule has 12 N–H and O–H groups in total. The zero-order chi connectivity index (χ0) is 0. The molecule has 0 heterocycles. The molecule has 0 aliphatic rings. The van der Waals surface area contributed by atoms with Gasteiger partial charge in [0.2, 0.25) is 0 Å². The summed E-state index contributed by atoms with van der Waals surface area (Å²) in [5.74, 6) is 0. The molecule has 0 unspecified atom stereocenters. The Hall–Kier alpha value is 2.49. The van der Waals surface area contributed by atoms with E-state index in [1.165, 1.54) is 0 Å². The largest absolute Gasteiger partial charge is 0.457 e. The molecule has 0 saturated heterocycles. The summed E-state index contributed by atoms with van der Waals surface area (Å²) in [5.41, 5.74) is 0. The third kappa shape index (κ3) is 76.8. The van der Waals surface area contributed by atoms with Crippen molar-refractivity contribution in [3.05, 3.63) is 0 Å². The van der Waals surface area contributed by atoms with E-state index in [1.807, 2.05) is 0 Å². The van der Waals surface area contributed by atoms with Gasteiger partial charge in [-0.3, -0.25) is 0 Å². The normalized spacial score (nSPS) is 0. The summed E-state index contributed by atoms with van der Waals surface area (Å²) >= 11 is 0. The average molecular weight is 821 g/mol. The van der Waals surface area contributed by atoms with Gasteiger partial charge < -0.3 is 21.9 Å². The Labute approximate surface area is 102 Å². The summed E-state index contributed by atoms with van der Waals surface area (Å²) in [4.78, 5) is 0. The molecule has 0 aliphatic heterocycles. The molecule has 0 fully saturated rings.